The van der Waals surface area contributed by atoms with E-state index in [1.807, 2.05) is 39.1 Å². The molecule has 160 valence electrons. The molecule has 2 fully saturated rings. The molecule has 2 unspecified atom stereocenters. The maximum atomic E-state index is 8.72. The van der Waals surface area contributed by atoms with Crippen LogP contribution in [0.2, 0.25) is 0 Å². The van der Waals surface area contributed by atoms with E-state index in [0.29, 0.717) is 24.3 Å². The van der Waals surface area contributed by atoms with E-state index in [-0.39, 0.29) is 6.17 Å². The van der Waals surface area contributed by atoms with Crippen LogP contribution in [0.3, 0.4) is 0 Å². The fraction of sp³-hybridized carbons (Fsp3) is 0.571. The number of aromatic amines is 1. The summed E-state index contributed by atoms with van der Waals surface area (Å²) in [6.07, 6.45) is 5.48. The van der Waals surface area contributed by atoms with Crippen molar-refractivity contribution in [1.29, 1.82) is 5.26 Å². The van der Waals surface area contributed by atoms with Gasteiger partial charge in [0, 0.05) is 55.1 Å². The topological polar surface area (TPSA) is 95.4 Å². The van der Waals surface area contributed by atoms with Crippen LogP contribution in [0.1, 0.15) is 25.5 Å². The molecule has 3 heterocycles. The van der Waals surface area contributed by atoms with Gasteiger partial charge in [-0.05, 0) is 32.9 Å². The van der Waals surface area contributed by atoms with Gasteiger partial charge in [0.05, 0.1) is 17.8 Å². The Morgan fingerprint density at radius 3 is 2.83 bits per heavy atom. The Morgan fingerprint density at radius 2 is 2.20 bits per heavy atom. The molecule has 1 aromatic rings. The number of anilines is 1. The smallest absolute Gasteiger partial charge is 0.200 e. The lowest BCUT2D eigenvalue weighted by molar-refractivity contribution is 0.295. The molecule has 4 atom stereocenters. The van der Waals surface area contributed by atoms with E-state index in [1.54, 1.807) is 0 Å². The average Bonchev–Trinajstić information content (AvgIpc) is 3.05. The maximum absolute atomic E-state index is 8.72. The summed E-state index contributed by atoms with van der Waals surface area (Å²) in [5.74, 6) is 2.90. The minimum absolute atomic E-state index is 0.150. The van der Waals surface area contributed by atoms with Gasteiger partial charge in [0.25, 0.3) is 0 Å². The first-order valence-corrected chi connectivity index (χ1v) is 11.0. The number of allylic oxidation sites excluding steroid dienone is 2. The third kappa shape index (κ3) is 4.20. The van der Waals surface area contributed by atoms with Crippen molar-refractivity contribution in [2.75, 3.05) is 32.0 Å². The standard InChI is InChI=1S/C21H30N8S/c1-4-7-16-19(30)20(24-17-10-13(2)26-27-17)28(3)21(23-16)25-18-14-11-29(12-15(14)18)9-6-5-8-22/h4,7,10,14-15,18,20,30H,5-6,9,11-12H2,1-3H3,(H,23,25)(H2,24,26,27)/b7-4-/t14-,15+,18?,20?. The van der Waals surface area contributed by atoms with Gasteiger partial charge in [0.2, 0.25) is 0 Å². The number of thiol groups is 1. The fourth-order valence-corrected chi connectivity index (χ4v) is 4.79. The van der Waals surface area contributed by atoms with E-state index in [9.17, 15) is 0 Å². The van der Waals surface area contributed by atoms with Crippen LogP contribution >= 0.6 is 12.6 Å². The molecule has 0 spiro atoms. The zero-order chi connectivity index (χ0) is 21.3. The van der Waals surface area contributed by atoms with Gasteiger partial charge in [-0.15, -0.1) is 12.6 Å². The first kappa shape index (κ1) is 20.8. The fourth-order valence-electron chi connectivity index (χ4n) is 4.42. The van der Waals surface area contributed by atoms with Crippen LogP contribution in [0.25, 0.3) is 0 Å². The second-order valence-corrected chi connectivity index (χ2v) is 8.79. The van der Waals surface area contributed by atoms with Gasteiger partial charge < -0.3 is 20.4 Å². The predicted octanol–water partition coefficient (Wildman–Crippen LogP) is 2.30. The molecule has 30 heavy (non-hydrogen) atoms. The van der Waals surface area contributed by atoms with E-state index >= 15 is 0 Å². The lowest BCUT2D eigenvalue weighted by Gasteiger charge is -2.37. The van der Waals surface area contributed by atoms with Crippen LogP contribution in [0.4, 0.5) is 5.82 Å². The van der Waals surface area contributed by atoms with E-state index in [2.05, 4.69) is 36.7 Å². The van der Waals surface area contributed by atoms with E-state index in [0.717, 1.165) is 54.1 Å². The lowest BCUT2D eigenvalue weighted by Crippen LogP contribution is -2.53. The van der Waals surface area contributed by atoms with Crippen LogP contribution in [0, 0.1) is 30.1 Å². The third-order valence-corrected chi connectivity index (χ3v) is 6.57. The number of rotatable bonds is 7. The summed E-state index contributed by atoms with van der Waals surface area (Å²) in [5.41, 5.74) is 1.96. The van der Waals surface area contributed by atoms with Crippen LogP contribution < -0.4 is 10.6 Å². The van der Waals surface area contributed by atoms with E-state index in [1.165, 1.54) is 0 Å². The van der Waals surface area contributed by atoms with Crippen molar-refractivity contribution >= 4 is 24.4 Å². The number of nitrogens with zero attached hydrogens (tertiary/aromatic N) is 5. The predicted molar refractivity (Wildman–Crippen MR) is 122 cm³/mol. The van der Waals surface area contributed by atoms with E-state index in [4.69, 9.17) is 22.9 Å². The molecule has 2 aliphatic heterocycles. The van der Waals surface area contributed by atoms with Gasteiger partial charge >= 0.3 is 0 Å². The summed E-state index contributed by atoms with van der Waals surface area (Å²) >= 11 is 4.78. The van der Waals surface area contributed by atoms with Gasteiger partial charge in [-0.3, -0.25) is 5.10 Å². The van der Waals surface area contributed by atoms with Crippen molar-refractivity contribution in [3.05, 3.63) is 34.5 Å². The first-order chi connectivity index (χ1) is 14.5. The molecule has 1 aliphatic carbocycles. The number of unbranched alkanes of at least 4 members (excludes halogenated alkanes) is 1. The minimum atomic E-state index is -0.150. The van der Waals surface area contributed by atoms with Gasteiger partial charge in [-0.25, -0.2) is 4.99 Å². The SMILES string of the molecule is C/C=C\C1=C(S)C(Nc2cc(C)[nH]n2)N(C)C(=NC2[C@H]3CN(CCCC#N)C[C@@H]23)N1. The number of likely N-dealkylation sites (N-methyl/N-ethyl adjacent to an activating group) is 1. The molecule has 0 amide bonds. The quantitative estimate of drug-likeness (QED) is 0.395. The van der Waals surface area contributed by atoms with Crippen LogP contribution in [-0.2, 0) is 0 Å². The number of nitrogens with one attached hydrogen (secondary N) is 3. The van der Waals surface area contributed by atoms with Crippen molar-refractivity contribution in [2.24, 2.45) is 16.8 Å². The molecule has 1 saturated heterocycles. The number of fused-ring (bicyclic) bond motifs is 1. The Kier molecular flexibility index (Phi) is 6.06. The maximum Gasteiger partial charge on any atom is 0.200 e. The highest BCUT2D eigenvalue weighted by Crippen LogP contribution is 2.48. The van der Waals surface area contributed by atoms with Gasteiger partial charge in [0.15, 0.2) is 5.96 Å². The van der Waals surface area contributed by atoms with Crippen LogP contribution in [0.5, 0.6) is 0 Å². The van der Waals surface area contributed by atoms with Crippen molar-refractivity contribution in [1.82, 2.24) is 25.3 Å². The number of aliphatic imine (C=N–C) groups is 1. The molecule has 4 rings (SSSR count). The largest absolute Gasteiger partial charge is 0.344 e. The number of guanidine groups is 1. The molecule has 8 nitrogen and oxygen atoms in total. The highest BCUT2D eigenvalue weighted by atomic mass is 32.1. The van der Waals surface area contributed by atoms with Crippen molar-refractivity contribution in [3.8, 4) is 6.07 Å². The number of aryl methyl sites for hydroxylation is 1. The summed E-state index contributed by atoms with van der Waals surface area (Å²) < 4.78 is 0. The highest BCUT2D eigenvalue weighted by molar-refractivity contribution is 7.84. The number of piperidine rings is 1. The monoisotopic (exact) mass is 426 g/mol. The zero-order valence-electron chi connectivity index (χ0n) is 17.8. The average molecular weight is 427 g/mol. The third-order valence-electron chi connectivity index (χ3n) is 6.09. The second kappa shape index (κ2) is 8.74. The van der Waals surface area contributed by atoms with Gasteiger partial charge in [-0.2, -0.15) is 10.4 Å². The summed E-state index contributed by atoms with van der Waals surface area (Å²) in [6, 6.07) is 4.58. The number of hydrogen-bond acceptors (Lipinski definition) is 6. The van der Waals surface area contributed by atoms with Gasteiger partial charge in [-0.1, -0.05) is 6.08 Å². The molecule has 3 N–H and O–H groups in total. The molecular weight excluding hydrogens is 396 g/mol. The van der Waals surface area contributed by atoms with E-state index < -0.39 is 0 Å². The lowest BCUT2D eigenvalue weighted by atomic mass is 10.2. The zero-order valence-corrected chi connectivity index (χ0v) is 18.7. The van der Waals surface area contributed by atoms with Crippen molar-refractivity contribution in [3.63, 3.8) is 0 Å². The van der Waals surface area contributed by atoms with Crippen molar-refractivity contribution < 1.29 is 0 Å². The molecule has 1 aromatic heterocycles. The number of nitriles is 1. The molecular formula is C21H30N8S. The van der Waals surface area contributed by atoms with Crippen molar-refractivity contribution in [2.45, 2.75) is 38.9 Å². The summed E-state index contributed by atoms with van der Waals surface area (Å²) in [7, 11) is 2.03. The summed E-state index contributed by atoms with van der Waals surface area (Å²) in [6.45, 7) is 7.18. The summed E-state index contributed by atoms with van der Waals surface area (Å²) in [4.78, 5) is 10.6. The Bertz CT molecular complexity index is 898. The molecule has 0 radical (unpaired) electrons. The minimum Gasteiger partial charge on any atom is -0.344 e. The number of H-pyrrole nitrogens is 1. The first-order valence-electron chi connectivity index (χ1n) is 10.5. The van der Waals surface area contributed by atoms with Gasteiger partial charge in [0.1, 0.15) is 12.0 Å². The molecule has 1 saturated carbocycles. The number of likely N-dealkylation sites (tertiary alicyclic amines) is 1. The Labute approximate surface area is 183 Å². The Balaban J connectivity index is 1.46. The summed E-state index contributed by atoms with van der Waals surface area (Å²) in [5, 5.41) is 22.9. The van der Waals surface area contributed by atoms with Crippen LogP contribution in [-0.4, -0.2) is 64.8 Å². The highest BCUT2D eigenvalue weighted by Gasteiger charge is 2.56. The van der Waals surface area contributed by atoms with Crippen LogP contribution in [0.15, 0.2) is 33.8 Å². The molecule has 9 heteroatoms. The number of aromatic nitrogens is 2. The Morgan fingerprint density at radius 1 is 1.43 bits per heavy atom. The number of hydrogen-bond donors (Lipinski definition) is 4. The second-order valence-electron chi connectivity index (χ2n) is 8.31. The molecule has 0 aromatic carbocycles. The molecule has 0 bridgehead atoms. The molecule has 3 aliphatic rings. The Hall–Kier alpha value is -2.44. The normalized spacial score (nSPS) is 30.0.